The van der Waals surface area contributed by atoms with Crippen LogP contribution < -0.4 is 0 Å². The molecule has 0 amide bonds. The van der Waals surface area contributed by atoms with Crippen molar-refractivity contribution in [3.8, 4) is 6.07 Å². The second kappa shape index (κ2) is 8.48. The molecular formula is C26H32BrNO4. The van der Waals surface area contributed by atoms with E-state index in [1.165, 1.54) is 12.7 Å². The Morgan fingerprint density at radius 2 is 1.34 bits per heavy atom. The van der Waals surface area contributed by atoms with Crippen molar-refractivity contribution < 1.29 is 19.4 Å². The van der Waals surface area contributed by atoms with Crippen molar-refractivity contribution in [2.75, 3.05) is 7.11 Å². The Balaban J connectivity index is 0.000000165. The molecule has 0 aliphatic heterocycles. The van der Waals surface area contributed by atoms with E-state index in [-0.39, 0.29) is 16.8 Å². The van der Waals surface area contributed by atoms with Crippen LogP contribution in [0.5, 0.6) is 0 Å². The minimum atomic E-state index is -0.611. The fourth-order valence-corrected chi connectivity index (χ4v) is 7.10. The lowest BCUT2D eigenvalue weighted by Gasteiger charge is -2.51. The number of nitrogens with zero attached hydrogens (tertiary/aromatic N) is 1. The number of carbonyl (C=O) groups excluding carboxylic acids is 1. The highest BCUT2D eigenvalue weighted by Gasteiger charge is 2.53. The van der Waals surface area contributed by atoms with Gasteiger partial charge in [-0.1, -0.05) is 28.1 Å². The summed E-state index contributed by atoms with van der Waals surface area (Å²) in [5.74, 6) is -0.595. The van der Waals surface area contributed by atoms with E-state index in [9.17, 15) is 14.7 Å². The van der Waals surface area contributed by atoms with Crippen LogP contribution in [0.25, 0.3) is 0 Å². The smallest absolute Gasteiger partial charge is 0.311 e. The number of esters is 1. The number of methoxy groups -OCH3 is 1. The topological polar surface area (TPSA) is 87.4 Å². The Morgan fingerprint density at radius 3 is 1.75 bits per heavy atom. The number of fused-ring (bicyclic) bond motifs is 6. The lowest BCUT2D eigenvalue weighted by molar-refractivity contribution is -0.158. The number of alkyl halides is 1. The fraction of sp³-hybridized carbons (Fsp3) is 0.654. The third-order valence-electron chi connectivity index (χ3n) is 9.10. The van der Waals surface area contributed by atoms with E-state index in [0.717, 1.165) is 77.0 Å². The minimum absolute atomic E-state index is 0.0155. The molecule has 4 bridgehead atoms. The zero-order valence-corrected chi connectivity index (χ0v) is 20.4. The number of hydrogen-bond donors (Lipinski definition) is 1. The van der Waals surface area contributed by atoms with E-state index in [2.05, 4.69) is 34.1 Å². The predicted molar refractivity (Wildman–Crippen MR) is 124 cm³/mol. The summed E-state index contributed by atoms with van der Waals surface area (Å²) in [6.45, 7) is 0. The molecule has 172 valence electrons. The van der Waals surface area contributed by atoms with E-state index < -0.39 is 11.4 Å². The number of halogens is 1. The lowest BCUT2D eigenvalue weighted by atomic mass is 9.52. The largest absolute Gasteiger partial charge is 0.481 e. The first-order valence-corrected chi connectivity index (χ1v) is 12.5. The van der Waals surface area contributed by atoms with Crippen molar-refractivity contribution in [2.24, 2.45) is 10.8 Å². The van der Waals surface area contributed by atoms with Crippen LogP contribution in [0.15, 0.2) is 24.3 Å². The van der Waals surface area contributed by atoms with Crippen molar-refractivity contribution >= 4 is 27.9 Å². The van der Waals surface area contributed by atoms with E-state index in [0.29, 0.717) is 9.89 Å². The Hall–Kier alpha value is -1.87. The Bertz CT molecular complexity index is 883. The third kappa shape index (κ3) is 3.98. The minimum Gasteiger partial charge on any atom is -0.481 e. The normalized spacial score (nSPS) is 37.0. The highest BCUT2D eigenvalue weighted by atomic mass is 79.9. The molecule has 7 rings (SSSR count). The molecule has 32 heavy (non-hydrogen) atoms. The van der Waals surface area contributed by atoms with Gasteiger partial charge < -0.3 is 9.84 Å². The number of ether oxygens (including phenoxy) is 1. The van der Waals surface area contributed by atoms with Gasteiger partial charge in [0.1, 0.15) is 0 Å². The molecule has 6 aliphatic carbocycles. The van der Waals surface area contributed by atoms with Crippen LogP contribution >= 0.6 is 15.9 Å². The average Bonchev–Trinajstić information content (AvgIpc) is 2.85. The Labute approximate surface area is 198 Å². The fourth-order valence-electron chi connectivity index (χ4n) is 6.50. The number of benzene rings is 1. The van der Waals surface area contributed by atoms with Crippen molar-refractivity contribution in [1.29, 1.82) is 5.26 Å². The molecule has 1 aromatic carbocycles. The summed E-state index contributed by atoms with van der Waals surface area (Å²) < 4.78 is 5.24. The van der Waals surface area contributed by atoms with Crippen molar-refractivity contribution in [3.05, 3.63) is 35.4 Å². The van der Waals surface area contributed by atoms with Crippen LogP contribution in [0.4, 0.5) is 0 Å². The van der Waals surface area contributed by atoms with Crippen molar-refractivity contribution in [3.63, 3.8) is 0 Å². The maximum atomic E-state index is 11.6. The van der Waals surface area contributed by atoms with Gasteiger partial charge in [-0.15, -0.1) is 0 Å². The number of aliphatic carboxylic acids is 1. The second-order valence-electron chi connectivity index (χ2n) is 10.5. The summed E-state index contributed by atoms with van der Waals surface area (Å²) in [7, 11) is 1.50. The molecular weight excluding hydrogens is 470 g/mol. The van der Waals surface area contributed by atoms with Crippen molar-refractivity contribution in [2.45, 2.75) is 86.8 Å². The number of carbonyl (C=O) groups is 2. The predicted octanol–water partition coefficient (Wildman–Crippen LogP) is 5.88. The quantitative estimate of drug-likeness (QED) is 0.412. The molecule has 0 aromatic heterocycles. The second-order valence-corrected chi connectivity index (χ2v) is 12.2. The van der Waals surface area contributed by atoms with E-state index in [1.54, 1.807) is 0 Å². The number of hydrogen-bond acceptors (Lipinski definition) is 4. The lowest BCUT2D eigenvalue weighted by Crippen LogP contribution is -2.47. The standard InChI is InChI=1S/C16H17NO2.C10H15BrO2/c17-11-12-1-3-13(4-2-12)15-5-8-16(9-6-15,10-7-15)14(18)19;1-13-8(12)9-2-5-10(11,6-3-9)7-4-9/h1-4H,5-10H2,(H,18,19);2-7H2,1H3. The van der Waals surface area contributed by atoms with Gasteiger partial charge in [0.2, 0.25) is 0 Å². The van der Waals surface area contributed by atoms with Crippen LogP contribution in [0.2, 0.25) is 0 Å². The SMILES string of the molecule is COC(=O)C12CCC(Br)(CC1)CC2.N#Cc1ccc(C23CCC(C(=O)O)(CC2)CC3)cc1. The zero-order chi connectivity index (χ0) is 23.0. The molecule has 0 saturated heterocycles. The molecule has 0 unspecified atom stereocenters. The summed E-state index contributed by atoms with van der Waals surface area (Å²) in [5.41, 5.74) is 1.56. The van der Waals surface area contributed by atoms with Gasteiger partial charge >= 0.3 is 11.9 Å². The highest BCUT2D eigenvalue weighted by molar-refractivity contribution is 9.10. The molecule has 0 spiro atoms. The van der Waals surface area contributed by atoms with Crippen LogP contribution in [-0.2, 0) is 19.7 Å². The molecule has 0 radical (unpaired) electrons. The molecule has 1 aromatic rings. The summed E-state index contributed by atoms with van der Waals surface area (Å²) in [6, 6.07) is 9.99. The Kier molecular flexibility index (Phi) is 6.17. The van der Waals surface area contributed by atoms with Crippen LogP contribution in [-0.4, -0.2) is 28.5 Å². The number of carboxylic acids is 1. The molecule has 0 heterocycles. The van der Waals surface area contributed by atoms with Gasteiger partial charge in [-0.05, 0) is 100 Å². The van der Waals surface area contributed by atoms with Crippen LogP contribution in [0.1, 0.15) is 88.2 Å². The first-order chi connectivity index (χ1) is 15.2. The van der Waals surface area contributed by atoms with Crippen LogP contribution in [0.3, 0.4) is 0 Å². The number of nitriles is 1. The molecule has 6 aliphatic rings. The van der Waals surface area contributed by atoms with Gasteiger partial charge in [0.25, 0.3) is 0 Å². The first kappa shape index (κ1) is 23.3. The van der Waals surface area contributed by atoms with Gasteiger partial charge in [0, 0.05) is 4.32 Å². The van der Waals surface area contributed by atoms with Gasteiger partial charge in [0.15, 0.2) is 0 Å². The third-order valence-corrected chi connectivity index (χ3v) is 10.3. The molecule has 6 saturated carbocycles. The number of carboxylic acid groups (broad SMARTS) is 1. The molecule has 0 atom stereocenters. The zero-order valence-electron chi connectivity index (χ0n) is 18.8. The molecule has 6 fully saturated rings. The van der Waals surface area contributed by atoms with Crippen molar-refractivity contribution in [1.82, 2.24) is 0 Å². The summed E-state index contributed by atoms with van der Waals surface area (Å²) in [5, 5.41) is 18.2. The van der Waals surface area contributed by atoms with Gasteiger partial charge in [-0.3, -0.25) is 9.59 Å². The molecule has 6 heteroatoms. The van der Waals surface area contributed by atoms with E-state index in [1.807, 2.05) is 12.1 Å². The van der Waals surface area contributed by atoms with Gasteiger partial charge in [-0.25, -0.2) is 0 Å². The van der Waals surface area contributed by atoms with Crippen LogP contribution in [0, 0.1) is 22.2 Å². The summed E-state index contributed by atoms with van der Waals surface area (Å²) >= 11 is 3.78. The summed E-state index contributed by atoms with van der Waals surface area (Å²) in [6.07, 6.45) is 11.7. The molecule has 5 nitrogen and oxygen atoms in total. The maximum Gasteiger partial charge on any atom is 0.311 e. The Morgan fingerprint density at radius 1 is 0.875 bits per heavy atom. The monoisotopic (exact) mass is 501 g/mol. The maximum absolute atomic E-state index is 11.6. The highest BCUT2D eigenvalue weighted by Crippen LogP contribution is 2.58. The summed E-state index contributed by atoms with van der Waals surface area (Å²) in [4.78, 5) is 23.0. The number of rotatable bonds is 3. The average molecular weight is 502 g/mol. The van der Waals surface area contributed by atoms with E-state index >= 15 is 0 Å². The first-order valence-electron chi connectivity index (χ1n) is 11.7. The van der Waals surface area contributed by atoms with E-state index in [4.69, 9.17) is 10.00 Å². The molecule has 1 N–H and O–H groups in total. The van der Waals surface area contributed by atoms with Gasteiger partial charge in [0.05, 0.1) is 29.6 Å². The van der Waals surface area contributed by atoms with Gasteiger partial charge in [-0.2, -0.15) is 5.26 Å².